The van der Waals surface area contributed by atoms with Crippen molar-refractivity contribution in [3.8, 4) is 5.75 Å². The van der Waals surface area contributed by atoms with Crippen LogP contribution in [0.3, 0.4) is 0 Å². The van der Waals surface area contributed by atoms with Crippen molar-refractivity contribution in [1.29, 1.82) is 0 Å². The summed E-state index contributed by atoms with van der Waals surface area (Å²) in [6.07, 6.45) is 10.4. The van der Waals surface area contributed by atoms with Gasteiger partial charge in [0, 0.05) is 32.6 Å². The summed E-state index contributed by atoms with van der Waals surface area (Å²) in [4.78, 5) is 29.0. The summed E-state index contributed by atoms with van der Waals surface area (Å²) in [5.41, 5.74) is 0.726. The summed E-state index contributed by atoms with van der Waals surface area (Å²) < 4.78 is 6.12. The average Bonchev–Trinajstić information content (AvgIpc) is 3.44. The second kappa shape index (κ2) is 9.51. The minimum atomic E-state index is -0.115. The van der Waals surface area contributed by atoms with E-state index >= 15 is 0 Å². The highest BCUT2D eigenvalue weighted by molar-refractivity contribution is 5.91. The van der Waals surface area contributed by atoms with Crippen LogP contribution in [0.15, 0.2) is 24.3 Å². The molecule has 0 spiro atoms. The predicted octanol–water partition coefficient (Wildman–Crippen LogP) is 4.26. The largest absolute Gasteiger partial charge is 0.488 e. The zero-order valence-corrected chi connectivity index (χ0v) is 17.3. The number of anilines is 1. The maximum atomic E-state index is 12.8. The molecule has 0 bridgehead atoms. The highest BCUT2D eigenvalue weighted by Crippen LogP contribution is 2.30. The molecule has 4 rings (SSSR count). The van der Waals surface area contributed by atoms with Gasteiger partial charge in [0.05, 0.1) is 11.8 Å². The first-order valence-corrected chi connectivity index (χ1v) is 11.3. The molecule has 3 aliphatic rings. The van der Waals surface area contributed by atoms with Gasteiger partial charge < -0.3 is 19.9 Å². The average molecular weight is 400 g/mol. The second-order valence-corrected chi connectivity index (χ2v) is 8.67. The van der Waals surface area contributed by atoms with Gasteiger partial charge in [0.15, 0.2) is 0 Å². The van der Waals surface area contributed by atoms with Crippen LogP contribution in [0.25, 0.3) is 0 Å². The Labute approximate surface area is 173 Å². The molecule has 0 unspecified atom stereocenters. The van der Waals surface area contributed by atoms with Crippen molar-refractivity contribution in [1.82, 2.24) is 9.80 Å². The maximum Gasteiger partial charge on any atom is 0.322 e. The molecule has 158 valence electrons. The van der Waals surface area contributed by atoms with Crippen LogP contribution in [0.1, 0.15) is 57.8 Å². The summed E-state index contributed by atoms with van der Waals surface area (Å²) in [6.45, 7) is 2.40. The van der Waals surface area contributed by atoms with Crippen LogP contribution in [-0.4, -0.2) is 54.0 Å². The molecular formula is C23H33N3O3. The third kappa shape index (κ3) is 5.22. The van der Waals surface area contributed by atoms with Crippen LogP contribution in [0, 0.1) is 5.92 Å². The van der Waals surface area contributed by atoms with Gasteiger partial charge in [0.2, 0.25) is 5.91 Å². The summed E-state index contributed by atoms with van der Waals surface area (Å²) >= 11 is 0. The molecule has 1 heterocycles. The van der Waals surface area contributed by atoms with E-state index in [1.165, 1.54) is 38.5 Å². The minimum absolute atomic E-state index is 0.115. The molecule has 1 saturated heterocycles. The molecule has 2 aliphatic carbocycles. The molecule has 1 aromatic rings. The van der Waals surface area contributed by atoms with E-state index in [-0.39, 0.29) is 18.0 Å². The van der Waals surface area contributed by atoms with Crippen LogP contribution in [0.5, 0.6) is 5.75 Å². The molecule has 3 amide bonds. The number of nitrogens with zero attached hydrogens (tertiary/aromatic N) is 2. The van der Waals surface area contributed by atoms with E-state index in [0.29, 0.717) is 38.5 Å². The molecular weight excluding hydrogens is 366 g/mol. The van der Waals surface area contributed by atoms with E-state index in [1.54, 1.807) is 4.90 Å². The molecule has 6 nitrogen and oxygen atoms in total. The van der Waals surface area contributed by atoms with Gasteiger partial charge >= 0.3 is 6.03 Å². The zero-order valence-electron chi connectivity index (χ0n) is 17.3. The fourth-order valence-electron chi connectivity index (χ4n) is 4.80. The number of rotatable bonds is 5. The lowest BCUT2D eigenvalue weighted by Gasteiger charge is -2.35. The molecule has 1 aromatic carbocycles. The molecule has 3 fully saturated rings. The number of para-hydroxylation sites is 2. The van der Waals surface area contributed by atoms with E-state index in [9.17, 15) is 9.59 Å². The lowest BCUT2D eigenvalue weighted by Crippen LogP contribution is -2.51. The minimum Gasteiger partial charge on any atom is -0.488 e. The van der Waals surface area contributed by atoms with Gasteiger partial charge in [-0.25, -0.2) is 4.79 Å². The van der Waals surface area contributed by atoms with Crippen molar-refractivity contribution < 1.29 is 14.3 Å². The molecule has 0 aromatic heterocycles. The first-order chi connectivity index (χ1) is 14.2. The Morgan fingerprint density at radius 3 is 2.24 bits per heavy atom. The standard InChI is InChI=1S/C23H33N3O3/c27-22(17-18-7-1-2-8-18)25-13-15-26(16-14-25)23(28)24-20-11-5-6-12-21(20)29-19-9-3-4-10-19/h5-6,11-12,18-19H,1-4,7-10,13-17H2,(H,24,28). The highest BCUT2D eigenvalue weighted by Gasteiger charge is 2.27. The van der Waals surface area contributed by atoms with Crippen LogP contribution in [0.2, 0.25) is 0 Å². The smallest absolute Gasteiger partial charge is 0.322 e. The Bertz CT molecular complexity index is 703. The second-order valence-electron chi connectivity index (χ2n) is 8.67. The molecule has 1 aliphatic heterocycles. The van der Waals surface area contributed by atoms with Crippen molar-refractivity contribution in [2.75, 3.05) is 31.5 Å². The van der Waals surface area contributed by atoms with Crippen LogP contribution < -0.4 is 10.1 Å². The number of benzene rings is 1. The van der Waals surface area contributed by atoms with E-state index in [4.69, 9.17) is 4.74 Å². The Morgan fingerprint density at radius 1 is 0.897 bits per heavy atom. The Hall–Kier alpha value is -2.24. The van der Waals surface area contributed by atoms with Gasteiger partial charge in [-0.05, 0) is 56.6 Å². The number of urea groups is 1. The Kier molecular flexibility index (Phi) is 6.57. The van der Waals surface area contributed by atoms with E-state index in [2.05, 4.69) is 5.32 Å². The Morgan fingerprint density at radius 2 is 1.52 bits per heavy atom. The fraction of sp³-hybridized carbons (Fsp3) is 0.652. The molecule has 2 saturated carbocycles. The van der Waals surface area contributed by atoms with Gasteiger partial charge in [-0.15, -0.1) is 0 Å². The van der Waals surface area contributed by atoms with Gasteiger partial charge in [-0.3, -0.25) is 4.79 Å². The number of carbonyl (C=O) groups is 2. The number of carbonyl (C=O) groups excluding carboxylic acids is 2. The van der Waals surface area contributed by atoms with Gasteiger partial charge in [0.1, 0.15) is 5.75 Å². The lowest BCUT2D eigenvalue weighted by molar-refractivity contribution is -0.133. The molecule has 0 radical (unpaired) electrons. The molecule has 0 atom stereocenters. The van der Waals surface area contributed by atoms with Gasteiger partial charge in [0.25, 0.3) is 0 Å². The molecule has 29 heavy (non-hydrogen) atoms. The first kappa shape index (κ1) is 20.0. The normalized spacial score (nSPS) is 20.8. The topological polar surface area (TPSA) is 61.9 Å². The van der Waals surface area contributed by atoms with Gasteiger partial charge in [-0.1, -0.05) is 25.0 Å². The van der Waals surface area contributed by atoms with Crippen LogP contribution >= 0.6 is 0 Å². The summed E-state index contributed by atoms with van der Waals surface area (Å²) in [7, 11) is 0. The number of nitrogens with one attached hydrogen (secondary N) is 1. The van der Waals surface area contributed by atoms with Crippen molar-refractivity contribution >= 4 is 17.6 Å². The van der Waals surface area contributed by atoms with Crippen molar-refractivity contribution in [2.24, 2.45) is 5.92 Å². The predicted molar refractivity (Wildman–Crippen MR) is 113 cm³/mol. The highest BCUT2D eigenvalue weighted by atomic mass is 16.5. The lowest BCUT2D eigenvalue weighted by atomic mass is 10.0. The van der Waals surface area contributed by atoms with Crippen molar-refractivity contribution in [3.63, 3.8) is 0 Å². The third-order valence-corrected chi connectivity index (χ3v) is 6.58. The van der Waals surface area contributed by atoms with E-state index in [1.807, 2.05) is 29.2 Å². The molecule has 1 N–H and O–H groups in total. The summed E-state index contributed by atoms with van der Waals surface area (Å²) in [5, 5.41) is 3.02. The van der Waals surface area contributed by atoms with Crippen LogP contribution in [-0.2, 0) is 4.79 Å². The van der Waals surface area contributed by atoms with E-state index < -0.39 is 0 Å². The molecule has 6 heteroatoms. The fourth-order valence-corrected chi connectivity index (χ4v) is 4.80. The number of amides is 3. The maximum absolute atomic E-state index is 12.8. The number of ether oxygens (including phenoxy) is 1. The number of hydrogen-bond donors (Lipinski definition) is 1. The van der Waals surface area contributed by atoms with Crippen molar-refractivity contribution in [2.45, 2.75) is 63.9 Å². The number of piperazine rings is 1. The monoisotopic (exact) mass is 399 g/mol. The summed E-state index contributed by atoms with van der Waals surface area (Å²) in [5.74, 6) is 1.57. The first-order valence-electron chi connectivity index (χ1n) is 11.3. The Balaban J connectivity index is 1.27. The summed E-state index contributed by atoms with van der Waals surface area (Å²) in [6, 6.07) is 7.55. The SMILES string of the molecule is O=C(CC1CCCC1)N1CCN(C(=O)Nc2ccccc2OC2CCCC2)CC1. The van der Waals surface area contributed by atoms with Crippen molar-refractivity contribution in [3.05, 3.63) is 24.3 Å². The van der Waals surface area contributed by atoms with E-state index in [0.717, 1.165) is 24.3 Å². The zero-order chi connectivity index (χ0) is 20.1. The number of hydrogen-bond acceptors (Lipinski definition) is 3. The van der Waals surface area contributed by atoms with Crippen LogP contribution in [0.4, 0.5) is 10.5 Å². The quantitative estimate of drug-likeness (QED) is 0.804. The third-order valence-electron chi connectivity index (χ3n) is 6.58. The van der Waals surface area contributed by atoms with Gasteiger partial charge in [-0.2, -0.15) is 0 Å².